The quantitative estimate of drug-likeness (QED) is 0.784. The van der Waals surface area contributed by atoms with Crippen molar-refractivity contribution in [2.24, 2.45) is 5.73 Å². The molecule has 7 heteroatoms. The van der Waals surface area contributed by atoms with Crippen molar-refractivity contribution < 1.29 is 17.9 Å². The van der Waals surface area contributed by atoms with Gasteiger partial charge >= 0.3 is 6.18 Å². The minimum atomic E-state index is -4.54. The van der Waals surface area contributed by atoms with Gasteiger partial charge < -0.3 is 10.5 Å². The van der Waals surface area contributed by atoms with Gasteiger partial charge in [0.25, 0.3) is 0 Å². The van der Waals surface area contributed by atoms with Gasteiger partial charge in [0.15, 0.2) is 5.69 Å². The molecule has 0 aliphatic rings. The van der Waals surface area contributed by atoms with E-state index in [1.807, 2.05) is 0 Å². The molecule has 4 nitrogen and oxygen atoms in total. The van der Waals surface area contributed by atoms with Crippen molar-refractivity contribution in [1.82, 2.24) is 9.97 Å². The predicted octanol–water partition coefficient (Wildman–Crippen LogP) is 0.963. The molecule has 1 heterocycles. The van der Waals surface area contributed by atoms with Gasteiger partial charge in [-0.1, -0.05) is 0 Å². The number of alkyl halides is 3. The zero-order valence-electron chi connectivity index (χ0n) is 7.30. The van der Waals surface area contributed by atoms with Gasteiger partial charge in [-0.05, 0) is 0 Å². The first-order valence-electron chi connectivity index (χ1n) is 3.65. The number of nitrogens with two attached hydrogens (primary N) is 1. The van der Waals surface area contributed by atoms with Crippen LogP contribution in [0.25, 0.3) is 0 Å². The van der Waals surface area contributed by atoms with E-state index in [-0.39, 0.29) is 18.0 Å². The maximum absolute atomic E-state index is 12.4. The molecule has 0 amide bonds. The molecule has 0 aromatic carbocycles. The Hall–Kier alpha value is -1.37. The predicted molar refractivity (Wildman–Crippen MR) is 41.5 cm³/mol. The molecule has 2 N–H and O–H groups in total. The number of hydrogen-bond acceptors (Lipinski definition) is 4. The summed E-state index contributed by atoms with van der Waals surface area (Å²) in [5, 5.41) is 0. The molecule has 0 aliphatic heterocycles. The third-order valence-corrected chi connectivity index (χ3v) is 1.57. The molecular formula is C7H8F3N3O. The van der Waals surface area contributed by atoms with Crippen LogP contribution in [-0.4, -0.2) is 17.1 Å². The van der Waals surface area contributed by atoms with Crippen molar-refractivity contribution in [2.75, 3.05) is 7.11 Å². The van der Waals surface area contributed by atoms with Crippen LogP contribution in [0.2, 0.25) is 0 Å². The van der Waals surface area contributed by atoms with Crippen LogP contribution in [0.15, 0.2) is 6.33 Å². The minimum absolute atomic E-state index is 0.144. The number of halogens is 3. The van der Waals surface area contributed by atoms with Crippen LogP contribution >= 0.6 is 0 Å². The molecule has 0 saturated carbocycles. The van der Waals surface area contributed by atoms with Crippen LogP contribution in [0, 0.1) is 0 Å². The Balaban J connectivity index is 3.29. The van der Waals surface area contributed by atoms with Crippen LogP contribution in [-0.2, 0) is 12.7 Å². The highest BCUT2D eigenvalue weighted by Gasteiger charge is 2.36. The average molecular weight is 207 g/mol. The molecular weight excluding hydrogens is 199 g/mol. The lowest BCUT2D eigenvalue weighted by atomic mass is 10.2. The van der Waals surface area contributed by atoms with Crippen molar-refractivity contribution >= 4 is 0 Å². The SMILES string of the molecule is COc1ncnc(C(F)(F)F)c1CN. The van der Waals surface area contributed by atoms with Gasteiger partial charge in [-0.25, -0.2) is 9.97 Å². The summed E-state index contributed by atoms with van der Waals surface area (Å²) in [7, 11) is 1.22. The second-order valence-corrected chi connectivity index (χ2v) is 2.41. The van der Waals surface area contributed by atoms with E-state index in [4.69, 9.17) is 5.73 Å². The second-order valence-electron chi connectivity index (χ2n) is 2.41. The molecule has 0 radical (unpaired) electrons. The van der Waals surface area contributed by atoms with Gasteiger partial charge in [-0.2, -0.15) is 13.2 Å². The highest BCUT2D eigenvalue weighted by molar-refractivity contribution is 5.31. The van der Waals surface area contributed by atoms with Gasteiger partial charge in [0, 0.05) is 6.54 Å². The first-order chi connectivity index (χ1) is 6.50. The van der Waals surface area contributed by atoms with Crippen molar-refractivity contribution in [3.05, 3.63) is 17.6 Å². The maximum atomic E-state index is 12.4. The molecule has 0 aliphatic carbocycles. The largest absolute Gasteiger partial charge is 0.481 e. The summed E-state index contributed by atoms with van der Waals surface area (Å²) in [4.78, 5) is 6.66. The normalized spacial score (nSPS) is 11.5. The molecule has 78 valence electrons. The van der Waals surface area contributed by atoms with Crippen LogP contribution in [0.5, 0.6) is 5.88 Å². The standard InChI is InChI=1S/C7H8F3N3O/c1-14-6-4(2-11)5(7(8,9)10)12-3-13-6/h3H,2,11H2,1H3. The lowest BCUT2D eigenvalue weighted by Gasteiger charge is -2.11. The Morgan fingerprint density at radius 3 is 2.50 bits per heavy atom. The van der Waals surface area contributed by atoms with E-state index in [0.29, 0.717) is 0 Å². The lowest BCUT2D eigenvalue weighted by molar-refractivity contribution is -0.142. The van der Waals surface area contributed by atoms with E-state index in [2.05, 4.69) is 14.7 Å². The fourth-order valence-corrected chi connectivity index (χ4v) is 1.00. The first-order valence-corrected chi connectivity index (χ1v) is 3.65. The fraction of sp³-hybridized carbons (Fsp3) is 0.429. The topological polar surface area (TPSA) is 61.0 Å². The zero-order chi connectivity index (χ0) is 10.8. The Bertz CT molecular complexity index is 326. The molecule has 14 heavy (non-hydrogen) atoms. The average Bonchev–Trinajstić information content (AvgIpc) is 2.15. The monoisotopic (exact) mass is 207 g/mol. The Morgan fingerprint density at radius 1 is 1.43 bits per heavy atom. The highest BCUT2D eigenvalue weighted by Crippen LogP contribution is 2.32. The van der Waals surface area contributed by atoms with Crippen molar-refractivity contribution in [3.8, 4) is 5.88 Å². The van der Waals surface area contributed by atoms with Crippen LogP contribution in [0.1, 0.15) is 11.3 Å². The summed E-state index contributed by atoms with van der Waals surface area (Å²) in [6.45, 7) is -0.321. The third kappa shape index (κ3) is 1.92. The van der Waals surface area contributed by atoms with Crippen LogP contribution in [0.4, 0.5) is 13.2 Å². The van der Waals surface area contributed by atoms with Gasteiger partial charge in [-0.3, -0.25) is 0 Å². The van der Waals surface area contributed by atoms with E-state index in [1.54, 1.807) is 0 Å². The zero-order valence-corrected chi connectivity index (χ0v) is 7.30. The summed E-state index contributed by atoms with van der Waals surface area (Å²) >= 11 is 0. The molecule has 1 aromatic rings. The smallest absolute Gasteiger partial charge is 0.433 e. The number of ether oxygens (including phenoxy) is 1. The summed E-state index contributed by atoms with van der Waals surface area (Å²) < 4.78 is 41.7. The number of aromatic nitrogens is 2. The van der Waals surface area contributed by atoms with Crippen molar-refractivity contribution in [1.29, 1.82) is 0 Å². The molecule has 0 atom stereocenters. The summed E-state index contributed by atoms with van der Waals surface area (Å²) in [6, 6.07) is 0. The molecule has 1 rings (SSSR count). The van der Waals surface area contributed by atoms with Gasteiger partial charge in [0.05, 0.1) is 12.7 Å². The van der Waals surface area contributed by atoms with Crippen LogP contribution in [0.3, 0.4) is 0 Å². The first kappa shape index (κ1) is 10.7. The van der Waals surface area contributed by atoms with E-state index in [0.717, 1.165) is 6.33 Å². The molecule has 0 spiro atoms. The molecule has 0 unspecified atom stereocenters. The Kier molecular flexibility index (Phi) is 2.90. The molecule has 1 aromatic heterocycles. The summed E-state index contributed by atoms with van der Waals surface area (Å²) in [6.07, 6.45) is -3.74. The third-order valence-electron chi connectivity index (χ3n) is 1.57. The lowest BCUT2D eigenvalue weighted by Crippen LogP contribution is -2.16. The number of rotatable bonds is 2. The van der Waals surface area contributed by atoms with Gasteiger partial charge in [-0.15, -0.1) is 0 Å². The fourth-order valence-electron chi connectivity index (χ4n) is 1.00. The summed E-state index contributed by atoms with van der Waals surface area (Å²) in [5.74, 6) is -0.144. The van der Waals surface area contributed by atoms with Crippen LogP contribution < -0.4 is 10.5 Å². The van der Waals surface area contributed by atoms with Crippen molar-refractivity contribution in [3.63, 3.8) is 0 Å². The molecule has 0 fully saturated rings. The minimum Gasteiger partial charge on any atom is -0.481 e. The van der Waals surface area contributed by atoms with E-state index in [1.165, 1.54) is 7.11 Å². The van der Waals surface area contributed by atoms with Gasteiger partial charge in [0.1, 0.15) is 6.33 Å². The maximum Gasteiger partial charge on any atom is 0.433 e. The van der Waals surface area contributed by atoms with E-state index < -0.39 is 11.9 Å². The van der Waals surface area contributed by atoms with Gasteiger partial charge in [0.2, 0.25) is 5.88 Å². The molecule has 0 bridgehead atoms. The highest BCUT2D eigenvalue weighted by atomic mass is 19.4. The Morgan fingerprint density at radius 2 is 2.07 bits per heavy atom. The number of hydrogen-bond donors (Lipinski definition) is 1. The van der Waals surface area contributed by atoms with E-state index in [9.17, 15) is 13.2 Å². The van der Waals surface area contributed by atoms with E-state index >= 15 is 0 Å². The van der Waals surface area contributed by atoms with Crippen molar-refractivity contribution in [2.45, 2.75) is 12.7 Å². The Labute approximate surface area is 77.9 Å². The summed E-state index contributed by atoms with van der Waals surface area (Å²) in [5.41, 5.74) is 3.88. The number of nitrogens with zero attached hydrogens (tertiary/aromatic N) is 2. The number of methoxy groups -OCH3 is 1. The second kappa shape index (κ2) is 3.79. The molecule has 0 saturated heterocycles.